The molecular weight excluding hydrogens is 437 g/mol. The van der Waals surface area contributed by atoms with Gasteiger partial charge in [-0.1, -0.05) is 46.4 Å². The Kier molecular flexibility index (Phi) is 6.50. The van der Waals surface area contributed by atoms with Crippen molar-refractivity contribution >= 4 is 58.0 Å². The third kappa shape index (κ3) is 5.54. The van der Waals surface area contributed by atoms with Gasteiger partial charge in [-0.25, -0.2) is 0 Å². The topological polar surface area (TPSA) is 54.0 Å². The zero-order valence-corrected chi connectivity index (χ0v) is 15.6. The number of benzene rings is 1. The van der Waals surface area contributed by atoms with Gasteiger partial charge in [0.05, 0.1) is 21.8 Å². The molecule has 1 amide bonds. The summed E-state index contributed by atoms with van der Waals surface area (Å²) in [5, 5.41) is 4.85. The van der Waals surface area contributed by atoms with Gasteiger partial charge in [0.2, 0.25) is 3.79 Å². The van der Waals surface area contributed by atoms with Crippen LogP contribution in [0.4, 0.5) is 18.9 Å². The number of rotatable bonds is 4. The summed E-state index contributed by atoms with van der Waals surface area (Å²) in [6.45, 7) is 0. The van der Waals surface area contributed by atoms with Gasteiger partial charge in [-0.2, -0.15) is 13.2 Å². The number of amides is 1. The molecule has 1 heterocycles. The summed E-state index contributed by atoms with van der Waals surface area (Å²) in [6.07, 6.45) is -3.22. The molecule has 0 aliphatic rings. The lowest BCUT2D eigenvalue weighted by molar-refractivity contribution is -0.137. The van der Waals surface area contributed by atoms with E-state index in [0.29, 0.717) is 0 Å². The second-order valence-electron chi connectivity index (χ2n) is 5.03. The highest BCUT2D eigenvalue weighted by Gasteiger charge is 2.36. The number of alkyl halides is 6. The number of carbonyl (C=O) groups is 1. The summed E-state index contributed by atoms with van der Waals surface area (Å²) in [4.78, 5) is 16.0. The number of hydrogen-bond donors (Lipinski definition) is 2. The number of pyridine rings is 1. The Balaban J connectivity index is 2.28. The van der Waals surface area contributed by atoms with E-state index in [9.17, 15) is 18.0 Å². The SMILES string of the molecule is O=C(N[C@H](Nc1cc(C(F)(F)F)ccc1Cl)C(Cl)(Cl)Cl)c1cccnc1. The van der Waals surface area contributed by atoms with Gasteiger partial charge in [0.25, 0.3) is 5.91 Å². The van der Waals surface area contributed by atoms with Gasteiger partial charge in [0, 0.05) is 12.4 Å². The second-order valence-corrected chi connectivity index (χ2v) is 7.80. The maximum Gasteiger partial charge on any atom is 0.416 e. The molecule has 26 heavy (non-hydrogen) atoms. The molecule has 11 heteroatoms. The lowest BCUT2D eigenvalue weighted by Gasteiger charge is -2.28. The molecule has 0 saturated carbocycles. The Labute approximate surface area is 166 Å². The van der Waals surface area contributed by atoms with Gasteiger partial charge in [-0.15, -0.1) is 0 Å². The second kappa shape index (κ2) is 8.08. The first-order valence-corrected chi connectivity index (χ1v) is 8.40. The summed E-state index contributed by atoms with van der Waals surface area (Å²) in [5.41, 5.74) is -0.945. The molecule has 0 radical (unpaired) electrons. The minimum absolute atomic E-state index is 0.0483. The van der Waals surface area contributed by atoms with Crippen molar-refractivity contribution in [2.24, 2.45) is 0 Å². The fourth-order valence-electron chi connectivity index (χ4n) is 1.88. The van der Waals surface area contributed by atoms with E-state index < -0.39 is 27.6 Å². The first-order chi connectivity index (χ1) is 12.0. The highest BCUT2D eigenvalue weighted by Crippen LogP contribution is 2.36. The Bertz CT molecular complexity index is 782. The minimum Gasteiger partial charge on any atom is -0.361 e. The van der Waals surface area contributed by atoms with E-state index in [4.69, 9.17) is 46.4 Å². The average Bonchev–Trinajstić information content (AvgIpc) is 2.54. The van der Waals surface area contributed by atoms with E-state index in [2.05, 4.69) is 15.6 Å². The van der Waals surface area contributed by atoms with Gasteiger partial charge in [0.1, 0.15) is 6.17 Å². The summed E-state index contributed by atoms with van der Waals surface area (Å²) in [7, 11) is 0. The van der Waals surface area contributed by atoms with Crippen molar-refractivity contribution in [3.63, 3.8) is 0 Å². The van der Waals surface area contributed by atoms with Gasteiger partial charge >= 0.3 is 6.18 Å². The zero-order valence-electron chi connectivity index (χ0n) is 12.6. The number of aromatic nitrogens is 1. The summed E-state index contributed by atoms with van der Waals surface area (Å²) >= 11 is 23.4. The molecule has 2 N–H and O–H groups in total. The maximum atomic E-state index is 12.9. The Morgan fingerprint density at radius 2 is 1.85 bits per heavy atom. The van der Waals surface area contributed by atoms with E-state index in [-0.39, 0.29) is 16.3 Å². The molecule has 0 saturated heterocycles. The predicted molar refractivity (Wildman–Crippen MR) is 95.9 cm³/mol. The van der Waals surface area contributed by atoms with Crippen LogP contribution in [0.2, 0.25) is 5.02 Å². The number of nitrogens with one attached hydrogen (secondary N) is 2. The smallest absolute Gasteiger partial charge is 0.361 e. The molecule has 0 fully saturated rings. The third-order valence-electron chi connectivity index (χ3n) is 3.12. The lowest BCUT2D eigenvalue weighted by atomic mass is 10.2. The van der Waals surface area contributed by atoms with Crippen LogP contribution >= 0.6 is 46.4 Å². The average molecular weight is 447 g/mol. The number of carbonyl (C=O) groups excluding carboxylic acids is 1. The fourth-order valence-corrected chi connectivity index (χ4v) is 2.38. The number of hydrogen-bond acceptors (Lipinski definition) is 3. The predicted octanol–water partition coefficient (Wildman–Crippen LogP) is 5.29. The molecule has 2 aromatic rings. The summed E-state index contributed by atoms with van der Waals surface area (Å²) < 4.78 is 36.5. The van der Waals surface area contributed by atoms with Crippen molar-refractivity contribution in [1.82, 2.24) is 10.3 Å². The van der Waals surface area contributed by atoms with Gasteiger partial charge in [-0.05, 0) is 30.3 Å². The molecule has 0 spiro atoms. The molecule has 140 valence electrons. The van der Waals surface area contributed by atoms with Crippen LogP contribution in [0.3, 0.4) is 0 Å². The Hall–Kier alpha value is -1.41. The molecule has 0 aliphatic heterocycles. The molecule has 0 unspecified atom stereocenters. The zero-order chi connectivity index (χ0) is 19.5. The van der Waals surface area contributed by atoms with Crippen LogP contribution in [0.5, 0.6) is 0 Å². The molecule has 1 aromatic carbocycles. The minimum atomic E-state index is -4.59. The van der Waals surface area contributed by atoms with E-state index in [1.165, 1.54) is 24.5 Å². The summed E-state index contributed by atoms with van der Waals surface area (Å²) in [5.74, 6) is -0.648. The molecule has 0 aliphatic carbocycles. The van der Waals surface area contributed by atoms with Crippen molar-refractivity contribution in [2.45, 2.75) is 16.1 Å². The first-order valence-electron chi connectivity index (χ1n) is 6.89. The standard InChI is InChI=1S/C15H10Cl4F3N3O/c16-10-4-3-9(15(20,21)22)6-11(10)24-13(14(17,18)19)25-12(26)8-2-1-5-23-7-8/h1-7,13,24H,(H,25,26)/t13-/m0/s1. The van der Waals surface area contributed by atoms with Gasteiger partial charge < -0.3 is 10.6 Å². The molecule has 1 aromatic heterocycles. The number of anilines is 1. The first kappa shape index (κ1) is 20.9. The van der Waals surface area contributed by atoms with E-state index in [0.717, 1.165) is 18.2 Å². The van der Waals surface area contributed by atoms with Crippen molar-refractivity contribution in [2.75, 3.05) is 5.32 Å². The van der Waals surface area contributed by atoms with Crippen molar-refractivity contribution in [1.29, 1.82) is 0 Å². The fraction of sp³-hybridized carbons (Fsp3) is 0.200. The highest BCUT2D eigenvalue weighted by molar-refractivity contribution is 6.68. The van der Waals surface area contributed by atoms with Crippen LogP contribution in [0.15, 0.2) is 42.7 Å². The largest absolute Gasteiger partial charge is 0.416 e. The van der Waals surface area contributed by atoms with Crippen LogP contribution in [-0.4, -0.2) is 20.8 Å². The third-order valence-corrected chi connectivity index (χ3v) is 4.10. The van der Waals surface area contributed by atoms with Crippen LogP contribution < -0.4 is 10.6 Å². The Morgan fingerprint density at radius 3 is 2.38 bits per heavy atom. The van der Waals surface area contributed by atoms with Crippen LogP contribution in [0.25, 0.3) is 0 Å². The summed E-state index contributed by atoms with van der Waals surface area (Å²) in [6, 6.07) is 5.60. The molecule has 1 atom stereocenters. The van der Waals surface area contributed by atoms with E-state index in [1.807, 2.05) is 0 Å². The van der Waals surface area contributed by atoms with Crippen molar-refractivity contribution < 1.29 is 18.0 Å². The van der Waals surface area contributed by atoms with Crippen molar-refractivity contribution in [3.8, 4) is 0 Å². The molecule has 0 bridgehead atoms. The van der Waals surface area contributed by atoms with Crippen LogP contribution in [0.1, 0.15) is 15.9 Å². The van der Waals surface area contributed by atoms with E-state index in [1.54, 1.807) is 0 Å². The molecule has 2 rings (SSSR count). The molecule has 4 nitrogen and oxygen atoms in total. The Morgan fingerprint density at radius 1 is 1.15 bits per heavy atom. The highest BCUT2D eigenvalue weighted by atomic mass is 35.6. The number of halogens is 7. The van der Waals surface area contributed by atoms with Gasteiger partial charge in [0.15, 0.2) is 0 Å². The normalized spacial score (nSPS) is 13.2. The van der Waals surface area contributed by atoms with Gasteiger partial charge in [-0.3, -0.25) is 9.78 Å². The lowest BCUT2D eigenvalue weighted by Crippen LogP contribution is -2.49. The van der Waals surface area contributed by atoms with E-state index >= 15 is 0 Å². The van der Waals surface area contributed by atoms with Crippen LogP contribution in [-0.2, 0) is 6.18 Å². The monoisotopic (exact) mass is 445 g/mol. The van der Waals surface area contributed by atoms with Crippen molar-refractivity contribution in [3.05, 3.63) is 58.9 Å². The maximum absolute atomic E-state index is 12.9. The quantitative estimate of drug-likeness (QED) is 0.495. The van der Waals surface area contributed by atoms with Crippen LogP contribution in [0, 0.1) is 0 Å². The molecular formula is C15H10Cl4F3N3O. The number of nitrogens with zero attached hydrogens (tertiary/aromatic N) is 1.